The molecule has 0 aromatic heterocycles. The van der Waals surface area contributed by atoms with E-state index in [1.807, 2.05) is 0 Å². The monoisotopic (exact) mass is 256 g/mol. The molecule has 18 heavy (non-hydrogen) atoms. The highest BCUT2D eigenvalue weighted by atomic mass is 19.1. The Morgan fingerprint density at radius 3 is 2.56 bits per heavy atom. The maximum absolute atomic E-state index is 12.9. The number of hydrogen-bond acceptors (Lipinski definition) is 4. The zero-order valence-electron chi connectivity index (χ0n) is 10.2. The average Bonchev–Trinajstić information content (AvgIpc) is 2.17. The molecule has 1 aromatic rings. The fraction of sp³-hybridized carbons (Fsp3) is 0.364. The zero-order chi connectivity index (χ0) is 13.9. The molecule has 0 bridgehead atoms. The van der Waals surface area contributed by atoms with Gasteiger partial charge >= 0.3 is 11.8 Å². The highest BCUT2D eigenvalue weighted by molar-refractivity contribution is 5.72. The van der Waals surface area contributed by atoms with E-state index in [1.54, 1.807) is 20.8 Å². The molecule has 0 aliphatic rings. The molecular weight excluding hydrogens is 243 g/mol. The first kappa shape index (κ1) is 13.9. The van der Waals surface area contributed by atoms with E-state index >= 15 is 0 Å². The maximum Gasteiger partial charge on any atom is 0.413 e. The molecule has 6 nitrogen and oxygen atoms in total. The van der Waals surface area contributed by atoms with Crippen molar-refractivity contribution < 1.29 is 18.8 Å². The second-order valence-corrected chi connectivity index (χ2v) is 4.63. The van der Waals surface area contributed by atoms with Crippen molar-refractivity contribution in [2.75, 3.05) is 0 Å². The van der Waals surface area contributed by atoms with Gasteiger partial charge in [0, 0.05) is 5.54 Å². The van der Waals surface area contributed by atoms with Crippen LogP contribution in [-0.4, -0.2) is 16.6 Å². The third kappa shape index (κ3) is 4.00. The summed E-state index contributed by atoms with van der Waals surface area (Å²) in [6.45, 7) is 5.19. The van der Waals surface area contributed by atoms with Gasteiger partial charge in [-0.1, -0.05) is 0 Å². The highest BCUT2D eigenvalue weighted by Crippen LogP contribution is 2.27. The summed E-state index contributed by atoms with van der Waals surface area (Å²) < 4.78 is 17.6. The number of nitro groups is 1. The van der Waals surface area contributed by atoms with Crippen molar-refractivity contribution in [1.29, 1.82) is 0 Å². The van der Waals surface area contributed by atoms with E-state index in [2.05, 4.69) is 5.32 Å². The van der Waals surface area contributed by atoms with Gasteiger partial charge in [-0.15, -0.1) is 0 Å². The average molecular weight is 256 g/mol. The number of rotatable bonds is 2. The number of carbonyl (C=O) groups is 1. The molecule has 0 saturated heterocycles. The standard InChI is InChI=1S/C11H13FN2O4/c1-11(2,3)13-10(15)18-9-5-4-7(12)6-8(9)14(16)17/h4-6H,1-3H3,(H,13,15). The predicted octanol–water partition coefficient (Wildman–Crippen LogP) is 2.62. The Labute approximate surface area is 103 Å². The van der Waals surface area contributed by atoms with E-state index in [4.69, 9.17) is 4.74 Å². The lowest BCUT2D eigenvalue weighted by Gasteiger charge is -2.19. The van der Waals surface area contributed by atoms with Crippen molar-refractivity contribution in [3.05, 3.63) is 34.1 Å². The topological polar surface area (TPSA) is 81.5 Å². The minimum absolute atomic E-state index is 0.303. The number of carbonyl (C=O) groups excluding carboxylic acids is 1. The van der Waals surface area contributed by atoms with Gasteiger partial charge in [0.05, 0.1) is 11.0 Å². The van der Waals surface area contributed by atoms with Crippen LogP contribution in [0.15, 0.2) is 18.2 Å². The zero-order valence-corrected chi connectivity index (χ0v) is 10.2. The van der Waals surface area contributed by atoms with Crippen LogP contribution in [0.4, 0.5) is 14.9 Å². The summed E-state index contributed by atoms with van der Waals surface area (Å²) in [5.74, 6) is -1.08. The van der Waals surface area contributed by atoms with Crippen molar-refractivity contribution in [2.24, 2.45) is 0 Å². The van der Waals surface area contributed by atoms with Gasteiger partial charge in [-0.2, -0.15) is 0 Å². The molecule has 1 aromatic carbocycles. The highest BCUT2D eigenvalue weighted by Gasteiger charge is 2.21. The molecule has 0 unspecified atom stereocenters. The van der Waals surface area contributed by atoms with Crippen molar-refractivity contribution in [3.8, 4) is 5.75 Å². The Bertz CT molecular complexity index is 482. The first-order valence-electron chi connectivity index (χ1n) is 5.13. The van der Waals surface area contributed by atoms with Gasteiger partial charge < -0.3 is 10.1 Å². The quantitative estimate of drug-likeness (QED) is 0.651. The van der Waals surface area contributed by atoms with E-state index in [0.29, 0.717) is 6.07 Å². The molecule has 0 aliphatic heterocycles. The van der Waals surface area contributed by atoms with E-state index in [-0.39, 0.29) is 5.75 Å². The van der Waals surface area contributed by atoms with Crippen molar-refractivity contribution in [2.45, 2.75) is 26.3 Å². The lowest BCUT2D eigenvalue weighted by Crippen LogP contribution is -2.42. The molecule has 98 valence electrons. The summed E-state index contributed by atoms with van der Waals surface area (Å²) in [4.78, 5) is 21.3. The van der Waals surface area contributed by atoms with Gasteiger partial charge in [0.25, 0.3) is 0 Å². The maximum atomic E-state index is 12.9. The molecule has 0 radical (unpaired) electrons. The molecule has 1 rings (SSSR count). The van der Waals surface area contributed by atoms with Crippen LogP contribution < -0.4 is 10.1 Å². The molecule has 7 heteroatoms. The summed E-state index contributed by atoms with van der Waals surface area (Å²) >= 11 is 0. The normalized spacial score (nSPS) is 10.9. The molecule has 1 amide bonds. The van der Waals surface area contributed by atoms with Crippen LogP contribution in [0.5, 0.6) is 5.75 Å². The number of benzene rings is 1. The molecule has 0 atom stereocenters. The summed E-state index contributed by atoms with van der Waals surface area (Å²) in [6.07, 6.45) is -0.836. The Morgan fingerprint density at radius 1 is 1.44 bits per heavy atom. The summed E-state index contributed by atoms with van der Waals surface area (Å²) in [7, 11) is 0. The van der Waals surface area contributed by atoms with Crippen LogP contribution in [0, 0.1) is 15.9 Å². The number of hydrogen-bond donors (Lipinski definition) is 1. The minimum atomic E-state index is -0.836. The molecule has 0 aliphatic carbocycles. The number of halogens is 1. The third-order valence-corrected chi connectivity index (χ3v) is 1.80. The fourth-order valence-electron chi connectivity index (χ4n) is 1.15. The van der Waals surface area contributed by atoms with Crippen LogP contribution in [0.3, 0.4) is 0 Å². The Kier molecular flexibility index (Phi) is 3.85. The molecule has 0 heterocycles. The smallest absolute Gasteiger partial charge is 0.403 e. The second-order valence-electron chi connectivity index (χ2n) is 4.63. The lowest BCUT2D eigenvalue weighted by molar-refractivity contribution is -0.385. The van der Waals surface area contributed by atoms with Crippen LogP contribution in [0.1, 0.15) is 20.8 Å². The lowest BCUT2D eigenvalue weighted by atomic mass is 10.1. The molecule has 0 spiro atoms. The number of nitro benzene ring substituents is 1. The van der Waals surface area contributed by atoms with Gasteiger partial charge in [-0.25, -0.2) is 9.18 Å². The number of amides is 1. The number of nitrogens with zero attached hydrogens (tertiary/aromatic N) is 1. The van der Waals surface area contributed by atoms with Gasteiger partial charge in [0.15, 0.2) is 0 Å². The van der Waals surface area contributed by atoms with Crippen LogP contribution >= 0.6 is 0 Å². The Morgan fingerprint density at radius 2 is 2.06 bits per heavy atom. The van der Waals surface area contributed by atoms with E-state index in [9.17, 15) is 19.3 Å². The van der Waals surface area contributed by atoms with E-state index < -0.39 is 28.1 Å². The number of nitrogens with one attached hydrogen (secondary N) is 1. The predicted molar refractivity (Wildman–Crippen MR) is 62.0 cm³/mol. The summed E-state index contributed by atoms with van der Waals surface area (Å²) in [6, 6.07) is 2.71. The van der Waals surface area contributed by atoms with Crippen LogP contribution in [-0.2, 0) is 0 Å². The van der Waals surface area contributed by atoms with Crippen LogP contribution in [0.2, 0.25) is 0 Å². The van der Waals surface area contributed by atoms with Crippen molar-refractivity contribution in [3.63, 3.8) is 0 Å². The van der Waals surface area contributed by atoms with Gasteiger partial charge in [0.2, 0.25) is 5.75 Å². The van der Waals surface area contributed by atoms with Gasteiger partial charge in [0.1, 0.15) is 5.82 Å². The van der Waals surface area contributed by atoms with Gasteiger partial charge in [-0.05, 0) is 32.9 Å². The van der Waals surface area contributed by atoms with Gasteiger partial charge in [-0.3, -0.25) is 10.1 Å². The summed E-state index contributed by atoms with van der Waals surface area (Å²) in [5.41, 5.74) is -1.13. The minimum Gasteiger partial charge on any atom is -0.403 e. The molecular formula is C11H13FN2O4. The molecule has 1 N–H and O–H groups in total. The van der Waals surface area contributed by atoms with Crippen molar-refractivity contribution in [1.82, 2.24) is 5.32 Å². The Balaban J connectivity index is 2.91. The van der Waals surface area contributed by atoms with E-state index in [1.165, 1.54) is 0 Å². The van der Waals surface area contributed by atoms with E-state index in [0.717, 1.165) is 12.1 Å². The number of ether oxygens (including phenoxy) is 1. The van der Waals surface area contributed by atoms with Crippen molar-refractivity contribution >= 4 is 11.8 Å². The Hall–Kier alpha value is -2.18. The van der Waals surface area contributed by atoms with Crippen LogP contribution in [0.25, 0.3) is 0 Å². The third-order valence-electron chi connectivity index (χ3n) is 1.80. The fourth-order valence-corrected chi connectivity index (χ4v) is 1.15. The molecule has 0 saturated carbocycles. The molecule has 0 fully saturated rings. The summed E-state index contributed by atoms with van der Waals surface area (Å²) in [5, 5.41) is 13.1. The first-order valence-corrected chi connectivity index (χ1v) is 5.13. The SMILES string of the molecule is CC(C)(C)NC(=O)Oc1ccc(F)cc1[N+](=O)[O-]. The first-order chi connectivity index (χ1) is 8.19. The largest absolute Gasteiger partial charge is 0.413 e. The second kappa shape index (κ2) is 4.99.